The molecule has 0 unspecified atom stereocenters. The predicted molar refractivity (Wildman–Crippen MR) is 123 cm³/mol. The van der Waals surface area contributed by atoms with Gasteiger partial charge < -0.3 is 4.90 Å². The van der Waals surface area contributed by atoms with Crippen LogP contribution in [0.2, 0.25) is 5.02 Å². The fourth-order valence-electron chi connectivity index (χ4n) is 3.99. The lowest BCUT2D eigenvalue weighted by atomic mass is 9.87. The second kappa shape index (κ2) is 8.03. The van der Waals surface area contributed by atoms with Gasteiger partial charge >= 0.3 is 0 Å². The molecule has 1 aliphatic rings. The Labute approximate surface area is 178 Å². The molecule has 0 spiro atoms. The summed E-state index contributed by atoms with van der Waals surface area (Å²) in [5.74, 6) is -0.322. The molecule has 29 heavy (non-hydrogen) atoms. The molecule has 0 saturated carbocycles. The van der Waals surface area contributed by atoms with Crippen molar-refractivity contribution in [3.8, 4) is 0 Å². The Balaban J connectivity index is 1.86. The quantitative estimate of drug-likeness (QED) is 0.516. The normalized spacial score (nSPS) is 15.3. The fraction of sp³-hybridized carbons (Fsp3) is 0.333. The number of carbonyl (C=O) groups excluding carboxylic acids is 1. The second-order valence-corrected chi connectivity index (χ2v) is 8.54. The standard InChI is InChI=1S/C24H28ClN3O/c1-7-28-22-11-16(3)18(12-20(22)17(4)13-24(28,5)6)14-26-27-23(29)19-9-8-15(2)10-21(19)25/h8-14H,7H2,1-6H3,(H,27,29)/b26-14+. The second-order valence-electron chi connectivity index (χ2n) is 8.13. The molecule has 0 atom stereocenters. The van der Waals surface area contributed by atoms with E-state index in [0.717, 1.165) is 23.2 Å². The number of likely N-dealkylation sites (N-methyl/N-ethyl adjacent to an activating group) is 1. The number of hydrogen-bond donors (Lipinski definition) is 1. The topological polar surface area (TPSA) is 44.7 Å². The molecule has 1 heterocycles. The highest BCUT2D eigenvalue weighted by Gasteiger charge is 2.30. The predicted octanol–water partition coefficient (Wildman–Crippen LogP) is 5.74. The molecule has 2 aromatic carbocycles. The molecule has 0 bridgehead atoms. The van der Waals surface area contributed by atoms with E-state index in [9.17, 15) is 4.79 Å². The number of carbonyl (C=O) groups is 1. The molecule has 0 radical (unpaired) electrons. The highest BCUT2D eigenvalue weighted by atomic mass is 35.5. The van der Waals surface area contributed by atoms with Gasteiger partial charge in [0.25, 0.3) is 5.91 Å². The molecule has 0 aliphatic carbocycles. The SMILES string of the molecule is CCN1c2cc(C)c(/C=N/NC(=O)c3ccc(C)cc3Cl)cc2C(C)=CC1(C)C. The Morgan fingerprint density at radius 2 is 1.93 bits per heavy atom. The fourth-order valence-corrected chi connectivity index (χ4v) is 4.31. The lowest BCUT2D eigenvalue weighted by molar-refractivity contribution is 0.0955. The van der Waals surface area contributed by atoms with Crippen LogP contribution in [0, 0.1) is 13.8 Å². The Morgan fingerprint density at radius 1 is 1.21 bits per heavy atom. The van der Waals surface area contributed by atoms with E-state index in [0.29, 0.717) is 10.6 Å². The number of allylic oxidation sites excluding steroid dienone is 1. The largest absolute Gasteiger partial charge is 0.363 e. The van der Waals surface area contributed by atoms with Gasteiger partial charge in [-0.05, 0) is 88.1 Å². The van der Waals surface area contributed by atoms with Crippen LogP contribution in [-0.4, -0.2) is 24.2 Å². The summed E-state index contributed by atoms with van der Waals surface area (Å²) in [5.41, 5.74) is 9.75. The number of aryl methyl sites for hydroxylation is 2. The van der Waals surface area contributed by atoms with E-state index in [1.807, 2.05) is 13.0 Å². The van der Waals surface area contributed by atoms with Crippen LogP contribution in [0.25, 0.3) is 5.57 Å². The van der Waals surface area contributed by atoms with Gasteiger partial charge in [0, 0.05) is 17.8 Å². The number of anilines is 1. The molecule has 0 fully saturated rings. The van der Waals surface area contributed by atoms with Gasteiger partial charge in [-0.3, -0.25) is 4.79 Å². The van der Waals surface area contributed by atoms with Gasteiger partial charge in [-0.15, -0.1) is 0 Å². The third-order valence-corrected chi connectivity index (χ3v) is 5.73. The zero-order valence-corrected chi connectivity index (χ0v) is 18.7. The van der Waals surface area contributed by atoms with E-state index in [1.165, 1.54) is 16.8 Å². The number of hydrazone groups is 1. The van der Waals surface area contributed by atoms with Crippen LogP contribution in [0.4, 0.5) is 5.69 Å². The number of fused-ring (bicyclic) bond motifs is 1. The molecule has 4 nitrogen and oxygen atoms in total. The van der Waals surface area contributed by atoms with Crippen LogP contribution in [-0.2, 0) is 0 Å². The summed E-state index contributed by atoms with van der Waals surface area (Å²) in [6, 6.07) is 9.68. The number of halogens is 1. The van der Waals surface area contributed by atoms with Crippen LogP contribution in [0.3, 0.4) is 0 Å². The highest BCUT2D eigenvalue weighted by molar-refractivity contribution is 6.33. The molecule has 0 saturated heterocycles. The summed E-state index contributed by atoms with van der Waals surface area (Å²) in [4.78, 5) is 14.8. The van der Waals surface area contributed by atoms with Gasteiger partial charge in [0.05, 0.1) is 22.3 Å². The minimum absolute atomic E-state index is 0.0187. The van der Waals surface area contributed by atoms with Crippen LogP contribution in [0.1, 0.15) is 60.3 Å². The molecule has 0 aromatic heterocycles. The maximum absolute atomic E-state index is 12.4. The van der Waals surface area contributed by atoms with Crippen LogP contribution < -0.4 is 10.3 Å². The summed E-state index contributed by atoms with van der Waals surface area (Å²) < 4.78 is 0. The van der Waals surface area contributed by atoms with Gasteiger partial charge in [0.15, 0.2) is 0 Å². The molecule has 152 valence electrons. The number of amides is 1. The maximum atomic E-state index is 12.4. The van der Waals surface area contributed by atoms with Gasteiger partial charge in [0.2, 0.25) is 0 Å². The van der Waals surface area contributed by atoms with Gasteiger partial charge in [0.1, 0.15) is 0 Å². The molecular formula is C24H28ClN3O. The molecule has 1 aliphatic heterocycles. The van der Waals surface area contributed by atoms with E-state index in [2.05, 4.69) is 68.3 Å². The number of benzene rings is 2. The van der Waals surface area contributed by atoms with Crippen molar-refractivity contribution in [1.29, 1.82) is 0 Å². The Morgan fingerprint density at radius 3 is 2.59 bits per heavy atom. The van der Waals surface area contributed by atoms with E-state index in [1.54, 1.807) is 18.3 Å². The van der Waals surface area contributed by atoms with Gasteiger partial charge in [-0.2, -0.15) is 5.10 Å². The van der Waals surface area contributed by atoms with Crippen molar-refractivity contribution in [2.75, 3.05) is 11.4 Å². The van der Waals surface area contributed by atoms with Crippen LogP contribution in [0.15, 0.2) is 41.5 Å². The number of nitrogens with one attached hydrogen (secondary N) is 1. The number of rotatable bonds is 4. The average molecular weight is 410 g/mol. The molecule has 5 heteroatoms. The van der Waals surface area contributed by atoms with Crippen molar-refractivity contribution in [2.45, 2.75) is 47.1 Å². The van der Waals surface area contributed by atoms with Crippen molar-refractivity contribution in [1.82, 2.24) is 5.43 Å². The lowest BCUT2D eigenvalue weighted by Crippen LogP contribution is -2.45. The van der Waals surface area contributed by atoms with Crippen molar-refractivity contribution >= 4 is 35.0 Å². The van der Waals surface area contributed by atoms with Crippen molar-refractivity contribution in [3.63, 3.8) is 0 Å². The molecule has 1 N–H and O–H groups in total. The monoisotopic (exact) mass is 409 g/mol. The lowest BCUT2D eigenvalue weighted by Gasteiger charge is -2.43. The first-order chi connectivity index (χ1) is 13.6. The van der Waals surface area contributed by atoms with E-state index in [-0.39, 0.29) is 11.4 Å². The minimum Gasteiger partial charge on any atom is -0.363 e. The zero-order valence-electron chi connectivity index (χ0n) is 17.9. The number of nitrogens with zero attached hydrogens (tertiary/aromatic N) is 2. The third kappa shape index (κ3) is 4.23. The van der Waals surface area contributed by atoms with E-state index < -0.39 is 0 Å². The summed E-state index contributed by atoms with van der Waals surface area (Å²) >= 11 is 6.17. The van der Waals surface area contributed by atoms with Crippen molar-refractivity contribution in [3.05, 3.63) is 69.2 Å². The summed E-state index contributed by atoms with van der Waals surface area (Å²) in [6.07, 6.45) is 4.00. The highest BCUT2D eigenvalue weighted by Crippen LogP contribution is 2.39. The smallest absolute Gasteiger partial charge is 0.272 e. The summed E-state index contributed by atoms with van der Waals surface area (Å²) in [6.45, 7) is 13.7. The molecule has 2 aromatic rings. The first kappa shape index (κ1) is 21.1. The maximum Gasteiger partial charge on any atom is 0.272 e. The molecular weight excluding hydrogens is 382 g/mol. The summed E-state index contributed by atoms with van der Waals surface area (Å²) in [5, 5.41) is 4.59. The molecule has 3 rings (SSSR count). The number of hydrogen-bond acceptors (Lipinski definition) is 3. The summed E-state index contributed by atoms with van der Waals surface area (Å²) in [7, 11) is 0. The van der Waals surface area contributed by atoms with Crippen LogP contribution in [0.5, 0.6) is 0 Å². The first-order valence-corrected chi connectivity index (χ1v) is 10.2. The Kier molecular flexibility index (Phi) is 5.85. The molecule has 1 amide bonds. The zero-order chi connectivity index (χ0) is 21.3. The van der Waals surface area contributed by atoms with Gasteiger partial charge in [-0.1, -0.05) is 23.7 Å². The third-order valence-electron chi connectivity index (χ3n) is 5.42. The van der Waals surface area contributed by atoms with Crippen molar-refractivity contribution in [2.24, 2.45) is 5.10 Å². The Bertz CT molecular complexity index is 1020. The van der Waals surface area contributed by atoms with E-state index in [4.69, 9.17) is 11.6 Å². The van der Waals surface area contributed by atoms with E-state index >= 15 is 0 Å². The average Bonchev–Trinajstić information content (AvgIpc) is 2.62. The first-order valence-electron chi connectivity index (χ1n) is 9.85. The van der Waals surface area contributed by atoms with Gasteiger partial charge in [-0.25, -0.2) is 5.43 Å². The van der Waals surface area contributed by atoms with Crippen molar-refractivity contribution < 1.29 is 4.79 Å². The van der Waals surface area contributed by atoms with Crippen LogP contribution >= 0.6 is 11.6 Å². The minimum atomic E-state index is -0.322. The Hall–Kier alpha value is -2.59.